The summed E-state index contributed by atoms with van der Waals surface area (Å²) in [6.07, 6.45) is 0.576. The standard InChI is InChI=1S/C28H26F3N5O3/c29-19-6-9-21(10-7-19)32-25(37)17-35-18-36(22-4-2-1-3-5-22)28(26(35)38)12-14-34(15-13-28)27(39)33-24-11-8-20(30)16-23(24)31/h1-11,16H,12-15,17-18H2,(H,32,37)(H,33,39). The Bertz CT molecular complexity index is 1380. The van der Waals surface area contributed by atoms with Crippen LogP contribution in [0.4, 0.5) is 35.0 Å². The minimum atomic E-state index is -0.977. The molecule has 2 aliphatic rings. The lowest BCUT2D eigenvalue weighted by atomic mass is 9.85. The first-order chi connectivity index (χ1) is 18.7. The van der Waals surface area contributed by atoms with E-state index in [0.29, 0.717) is 11.8 Å². The third-order valence-electron chi connectivity index (χ3n) is 7.09. The summed E-state index contributed by atoms with van der Waals surface area (Å²) in [4.78, 5) is 44.3. The number of halogens is 3. The predicted molar refractivity (Wildman–Crippen MR) is 139 cm³/mol. The molecule has 2 fully saturated rings. The van der Waals surface area contributed by atoms with Crippen LogP contribution in [-0.4, -0.2) is 59.5 Å². The molecule has 2 saturated heterocycles. The quantitative estimate of drug-likeness (QED) is 0.505. The van der Waals surface area contributed by atoms with Crippen LogP contribution in [0.5, 0.6) is 0 Å². The van der Waals surface area contributed by atoms with Crippen molar-refractivity contribution in [3.05, 3.63) is 90.2 Å². The highest BCUT2D eigenvalue weighted by Crippen LogP contribution is 2.39. The molecule has 0 radical (unpaired) electrons. The van der Waals surface area contributed by atoms with Crippen molar-refractivity contribution >= 4 is 34.9 Å². The van der Waals surface area contributed by atoms with Crippen molar-refractivity contribution in [1.29, 1.82) is 0 Å². The number of hydrogen-bond donors (Lipinski definition) is 2. The smallest absolute Gasteiger partial charge is 0.321 e. The molecule has 11 heteroatoms. The highest BCUT2D eigenvalue weighted by atomic mass is 19.1. The molecule has 3 aromatic carbocycles. The van der Waals surface area contributed by atoms with E-state index >= 15 is 0 Å². The fraction of sp³-hybridized carbons (Fsp3) is 0.250. The van der Waals surface area contributed by atoms with Gasteiger partial charge in [0.25, 0.3) is 5.91 Å². The Morgan fingerprint density at radius 1 is 0.846 bits per heavy atom. The van der Waals surface area contributed by atoms with E-state index in [9.17, 15) is 27.6 Å². The molecule has 2 heterocycles. The molecule has 2 N–H and O–H groups in total. The fourth-order valence-electron chi connectivity index (χ4n) is 5.09. The Kier molecular flexibility index (Phi) is 7.14. The van der Waals surface area contributed by atoms with Crippen LogP contribution in [0.15, 0.2) is 72.8 Å². The molecule has 1 spiro atoms. The van der Waals surface area contributed by atoms with Crippen molar-refractivity contribution in [1.82, 2.24) is 9.80 Å². The van der Waals surface area contributed by atoms with Gasteiger partial charge in [-0.3, -0.25) is 9.59 Å². The van der Waals surface area contributed by atoms with Gasteiger partial charge >= 0.3 is 6.03 Å². The molecule has 39 heavy (non-hydrogen) atoms. The second-order valence-electron chi connectivity index (χ2n) is 9.54. The second-order valence-corrected chi connectivity index (χ2v) is 9.54. The summed E-state index contributed by atoms with van der Waals surface area (Å²) < 4.78 is 40.4. The second kappa shape index (κ2) is 10.7. The summed E-state index contributed by atoms with van der Waals surface area (Å²) in [5.74, 6) is -2.70. The molecule has 202 valence electrons. The Hall–Kier alpha value is -4.54. The van der Waals surface area contributed by atoms with Gasteiger partial charge in [0.15, 0.2) is 0 Å². The molecule has 3 aromatic rings. The zero-order valence-electron chi connectivity index (χ0n) is 20.9. The average molecular weight is 538 g/mol. The Labute approximate surface area is 223 Å². The topological polar surface area (TPSA) is 85.0 Å². The third kappa shape index (κ3) is 5.38. The molecular weight excluding hydrogens is 511 g/mol. The zero-order valence-corrected chi connectivity index (χ0v) is 20.9. The summed E-state index contributed by atoms with van der Waals surface area (Å²) in [5, 5.41) is 5.14. The highest BCUT2D eigenvalue weighted by Gasteiger charge is 2.54. The number of anilines is 3. The average Bonchev–Trinajstić information content (AvgIpc) is 3.18. The van der Waals surface area contributed by atoms with Crippen LogP contribution >= 0.6 is 0 Å². The maximum atomic E-state index is 14.0. The first-order valence-corrected chi connectivity index (χ1v) is 12.4. The van der Waals surface area contributed by atoms with Crippen molar-refractivity contribution in [2.24, 2.45) is 0 Å². The van der Waals surface area contributed by atoms with Crippen LogP contribution in [0.2, 0.25) is 0 Å². The Balaban J connectivity index is 1.30. The number of piperidine rings is 1. The number of carbonyl (C=O) groups is 3. The van der Waals surface area contributed by atoms with Gasteiger partial charge < -0.3 is 25.3 Å². The normalized spacial score (nSPS) is 16.5. The largest absolute Gasteiger partial charge is 0.339 e. The minimum absolute atomic E-state index is 0.136. The number of carbonyl (C=O) groups excluding carboxylic acids is 3. The van der Waals surface area contributed by atoms with Gasteiger partial charge in [0, 0.05) is 30.5 Å². The number of nitrogens with one attached hydrogen (secondary N) is 2. The zero-order chi connectivity index (χ0) is 27.6. The van der Waals surface area contributed by atoms with Crippen LogP contribution in [-0.2, 0) is 9.59 Å². The van der Waals surface area contributed by atoms with Crippen molar-refractivity contribution < 1.29 is 27.6 Å². The summed E-state index contributed by atoms with van der Waals surface area (Å²) in [6.45, 7) is 0.390. The van der Waals surface area contributed by atoms with E-state index in [-0.39, 0.29) is 50.7 Å². The molecule has 0 aromatic heterocycles. The predicted octanol–water partition coefficient (Wildman–Crippen LogP) is 4.42. The van der Waals surface area contributed by atoms with Crippen LogP contribution in [0.25, 0.3) is 0 Å². The molecule has 2 aliphatic heterocycles. The van der Waals surface area contributed by atoms with E-state index in [0.717, 1.165) is 17.8 Å². The lowest BCUT2D eigenvalue weighted by Crippen LogP contribution is -2.58. The number of nitrogens with zero attached hydrogens (tertiary/aromatic N) is 3. The van der Waals surface area contributed by atoms with E-state index in [1.165, 1.54) is 34.1 Å². The maximum Gasteiger partial charge on any atom is 0.321 e. The first-order valence-electron chi connectivity index (χ1n) is 12.4. The molecule has 5 rings (SSSR count). The van der Waals surface area contributed by atoms with Gasteiger partial charge in [0.05, 0.1) is 12.4 Å². The first kappa shape index (κ1) is 26.1. The molecule has 0 atom stereocenters. The molecule has 0 unspecified atom stereocenters. The Morgan fingerprint density at radius 3 is 2.18 bits per heavy atom. The number of benzene rings is 3. The van der Waals surface area contributed by atoms with Crippen LogP contribution in [0.1, 0.15) is 12.8 Å². The lowest BCUT2D eigenvalue weighted by Gasteiger charge is -2.43. The molecule has 8 nitrogen and oxygen atoms in total. The maximum absolute atomic E-state index is 14.0. The summed E-state index contributed by atoms with van der Waals surface area (Å²) >= 11 is 0. The molecular formula is C28H26F3N5O3. The fourth-order valence-corrected chi connectivity index (χ4v) is 5.09. The van der Waals surface area contributed by atoms with E-state index in [1.807, 2.05) is 35.2 Å². The van der Waals surface area contributed by atoms with Gasteiger partial charge in [-0.05, 0) is 61.4 Å². The molecule has 0 aliphatic carbocycles. The van der Waals surface area contributed by atoms with Crippen molar-refractivity contribution in [2.75, 3.05) is 41.8 Å². The van der Waals surface area contributed by atoms with Crippen LogP contribution in [0, 0.1) is 17.5 Å². The summed E-state index contributed by atoms with van der Waals surface area (Å²) in [7, 11) is 0. The molecule has 0 saturated carbocycles. The number of likely N-dealkylation sites (tertiary alicyclic amines) is 1. The van der Waals surface area contributed by atoms with Gasteiger partial charge in [0.1, 0.15) is 29.5 Å². The summed E-state index contributed by atoms with van der Waals surface area (Å²) in [5.41, 5.74) is 0.108. The number of rotatable bonds is 5. The monoisotopic (exact) mass is 537 g/mol. The van der Waals surface area contributed by atoms with Gasteiger partial charge in [-0.1, -0.05) is 18.2 Å². The van der Waals surface area contributed by atoms with Gasteiger partial charge in [-0.2, -0.15) is 0 Å². The third-order valence-corrected chi connectivity index (χ3v) is 7.09. The Morgan fingerprint density at radius 2 is 1.51 bits per heavy atom. The molecule has 0 bridgehead atoms. The van der Waals surface area contributed by atoms with Gasteiger partial charge in [-0.25, -0.2) is 18.0 Å². The highest BCUT2D eigenvalue weighted by molar-refractivity contribution is 5.99. The van der Waals surface area contributed by atoms with Crippen LogP contribution in [0.3, 0.4) is 0 Å². The number of amides is 4. The van der Waals surface area contributed by atoms with Gasteiger partial charge in [0.2, 0.25) is 5.91 Å². The van der Waals surface area contributed by atoms with Gasteiger partial charge in [-0.15, -0.1) is 0 Å². The van der Waals surface area contributed by atoms with Crippen molar-refractivity contribution in [3.8, 4) is 0 Å². The summed E-state index contributed by atoms with van der Waals surface area (Å²) in [6, 6.07) is 17.0. The van der Waals surface area contributed by atoms with E-state index in [1.54, 1.807) is 0 Å². The van der Waals surface area contributed by atoms with Crippen molar-refractivity contribution in [2.45, 2.75) is 18.4 Å². The lowest BCUT2D eigenvalue weighted by molar-refractivity contribution is -0.136. The number of para-hydroxylation sites is 1. The van der Waals surface area contributed by atoms with E-state index < -0.39 is 34.9 Å². The minimum Gasteiger partial charge on any atom is -0.339 e. The number of hydrogen-bond acceptors (Lipinski definition) is 4. The number of urea groups is 1. The van der Waals surface area contributed by atoms with Crippen LogP contribution < -0.4 is 15.5 Å². The van der Waals surface area contributed by atoms with Crippen molar-refractivity contribution in [3.63, 3.8) is 0 Å². The van der Waals surface area contributed by atoms with E-state index in [2.05, 4.69) is 10.6 Å². The van der Waals surface area contributed by atoms with E-state index in [4.69, 9.17) is 0 Å². The molecule has 4 amide bonds. The SMILES string of the molecule is O=C(CN1CN(c2ccccc2)C2(CCN(C(=O)Nc3ccc(F)cc3F)CC2)C1=O)Nc1ccc(F)cc1.